The minimum atomic E-state index is -1.55. The molecule has 1 aromatic rings. The Morgan fingerprint density at radius 2 is 2.07 bits per heavy atom. The van der Waals surface area contributed by atoms with Crippen molar-refractivity contribution in [1.82, 2.24) is 0 Å². The van der Waals surface area contributed by atoms with Crippen LogP contribution in [0.1, 0.15) is 24.3 Å². The van der Waals surface area contributed by atoms with Gasteiger partial charge in [0, 0.05) is 10.5 Å². The molecule has 1 fully saturated rings. The zero-order chi connectivity index (χ0) is 11.0. The average Bonchev–Trinajstić information content (AvgIpc) is 3.01. The fraction of sp³-hybridized carbons (Fsp3) is 0.400. The molecule has 1 aromatic carbocycles. The summed E-state index contributed by atoms with van der Waals surface area (Å²) in [4.78, 5) is 0. The topological polar surface area (TPSA) is 49.7 Å². The Balaban J connectivity index is 2.48. The predicted molar refractivity (Wildman–Crippen MR) is 59.8 cm³/mol. The zero-order valence-corrected chi connectivity index (χ0v) is 9.16. The highest BCUT2D eigenvalue weighted by molar-refractivity contribution is 6.63. The minimum absolute atomic E-state index is 0.318. The standard InChI is InChI=1S/C10H12BClO3/c1-15-7-4-8(6-2-3-6)10(12)9(5-7)11(13)14/h4-6,13-14H,2-3H2,1H3. The predicted octanol–water partition coefficient (Wildman–Crippen LogP) is 0.906. The molecule has 2 rings (SSSR count). The highest BCUT2D eigenvalue weighted by Gasteiger charge is 2.29. The van der Waals surface area contributed by atoms with E-state index in [4.69, 9.17) is 26.4 Å². The molecular weight excluding hydrogens is 214 g/mol. The summed E-state index contributed by atoms with van der Waals surface area (Å²) in [5, 5.41) is 18.8. The summed E-state index contributed by atoms with van der Waals surface area (Å²) in [5.74, 6) is 1.06. The Morgan fingerprint density at radius 3 is 2.53 bits per heavy atom. The van der Waals surface area contributed by atoms with Crippen LogP contribution in [0.25, 0.3) is 0 Å². The first-order valence-corrected chi connectivity index (χ1v) is 5.24. The quantitative estimate of drug-likeness (QED) is 0.753. The summed E-state index contributed by atoms with van der Waals surface area (Å²) in [7, 11) is -0.00177. The van der Waals surface area contributed by atoms with Gasteiger partial charge in [0.15, 0.2) is 0 Å². The molecule has 80 valence electrons. The van der Waals surface area contributed by atoms with E-state index < -0.39 is 7.12 Å². The van der Waals surface area contributed by atoms with Crippen LogP contribution < -0.4 is 10.2 Å². The normalized spacial score (nSPS) is 15.2. The Kier molecular flexibility index (Phi) is 2.91. The summed E-state index contributed by atoms with van der Waals surface area (Å²) in [5.41, 5.74) is 1.28. The van der Waals surface area contributed by atoms with E-state index in [2.05, 4.69) is 0 Å². The van der Waals surface area contributed by atoms with Crippen molar-refractivity contribution in [3.63, 3.8) is 0 Å². The molecule has 0 bridgehead atoms. The fourth-order valence-electron chi connectivity index (χ4n) is 1.64. The van der Waals surface area contributed by atoms with Crippen LogP contribution in [0.5, 0.6) is 5.75 Å². The second-order valence-corrected chi connectivity index (χ2v) is 4.15. The molecule has 0 atom stereocenters. The fourth-order valence-corrected chi connectivity index (χ4v) is 2.00. The van der Waals surface area contributed by atoms with E-state index in [-0.39, 0.29) is 0 Å². The van der Waals surface area contributed by atoms with E-state index in [1.807, 2.05) is 6.07 Å². The highest BCUT2D eigenvalue weighted by Crippen LogP contribution is 2.43. The van der Waals surface area contributed by atoms with Gasteiger partial charge in [-0.05, 0) is 36.5 Å². The number of rotatable bonds is 3. The van der Waals surface area contributed by atoms with Gasteiger partial charge in [-0.15, -0.1) is 0 Å². The van der Waals surface area contributed by atoms with E-state index >= 15 is 0 Å². The van der Waals surface area contributed by atoms with Gasteiger partial charge in [-0.25, -0.2) is 0 Å². The van der Waals surface area contributed by atoms with Gasteiger partial charge in [0.25, 0.3) is 0 Å². The van der Waals surface area contributed by atoms with Gasteiger partial charge in [0.05, 0.1) is 7.11 Å². The van der Waals surface area contributed by atoms with Crippen LogP contribution in [0.2, 0.25) is 5.02 Å². The third-order valence-corrected chi connectivity index (χ3v) is 3.07. The van der Waals surface area contributed by atoms with E-state index in [0.29, 0.717) is 22.2 Å². The van der Waals surface area contributed by atoms with E-state index in [0.717, 1.165) is 18.4 Å². The van der Waals surface area contributed by atoms with Crippen molar-refractivity contribution in [2.24, 2.45) is 0 Å². The van der Waals surface area contributed by atoms with E-state index in [1.54, 1.807) is 13.2 Å². The van der Waals surface area contributed by atoms with Gasteiger partial charge in [-0.2, -0.15) is 0 Å². The highest BCUT2D eigenvalue weighted by atomic mass is 35.5. The van der Waals surface area contributed by atoms with Crippen molar-refractivity contribution < 1.29 is 14.8 Å². The van der Waals surface area contributed by atoms with Gasteiger partial charge < -0.3 is 14.8 Å². The van der Waals surface area contributed by atoms with Gasteiger partial charge in [-0.3, -0.25) is 0 Å². The van der Waals surface area contributed by atoms with Crippen molar-refractivity contribution in [1.29, 1.82) is 0 Å². The molecule has 15 heavy (non-hydrogen) atoms. The smallest absolute Gasteiger partial charge is 0.490 e. The van der Waals surface area contributed by atoms with Crippen LogP contribution >= 0.6 is 11.6 Å². The minimum Gasteiger partial charge on any atom is -0.497 e. The van der Waals surface area contributed by atoms with Crippen molar-refractivity contribution >= 4 is 24.2 Å². The Labute approximate surface area is 93.8 Å². The van der Waals surface area contributed by atoms with Crippen LogP contribution in [0.3, 0.4) is 0 Å². The lowest BCUT2D eigenvalue weighted by Crippen LogP contribution is -2.31. The molecule has 0 radical (unpaired) electrons. The third-order valence-electron chi connectivity index (χ3n) is 2.63. The van der Waals surface area contributed by atoms with Gasteiger partial charge in [-0.1, -0.05) is 11.6 Å². The zero-order valence-electron chi connectivity index (χ0n) is 8.40. The van der Waals surface area contributed by atoms with Crippen LogP contribution in [0.15, 0.2) is 12.1 Å². The first-order chi connectivity index (χ1) is 7.13. The van der Waals surface area contributed by atoms with E-state index in [1.165, 1.54) is 0 Å². The lowest BCUT2D eigenvalue weighted by molar-refractivity contribution is 0.411. The lowest BCUT2D eigenvalue weighted by atomic mass is 9.79. The van der Waals surface area contributed by atoms with Gasteiger partial charge in [0.2, 0.25) is 0 Å². The number of benzene rings is 1. The maximum Gasteiger partial charge on any atom is 0.490 e. The molecule has 1 aliphatic carbocycles. The molecule has 0 spiro atoms. The van der Waals surface area contributed by atoms with Crippen LogP contribution in [-0.4, -0.2) is 24.3 Å². The monoisotopic (exact) mass is 226 g/mol. The molecule has 3 nitrogen and oxygen atoms in total. The second-order valence-electron chi connectivity index (χ2n) is 3.77. The molecule has 0 heterocycles. The molecule has 1 aliphatic rings. The number of hydrogen-bond donors (Lipinski definition) is 2. The summed E-state index contributed by atoms with van der Waals surface area (Å²) in [6.45, 7) is 0. The maximum absolute atomic E-state index is 9.17. The van der Waals surface area contributed by atoms with Crippen molar-refractivity contribution in [3.05, 3.63) is 22.7 Å². The molecule has 0 saturated heterocycles. The van der Waals surface area contributed by atoms with E-state index in [9.17, 15) is 0 Å². The maximum atomic E-state index is 9.17. The van der Waals surface area contributed by atoms with Crippen molar-refractivity contribution in [2.45, 2.75) is 18.8 Å². The van der Waals surface area contributed by atoms with Crippen LogP contribution in [-0.2, 0) is 0 Å². The molecule has 0 amide bonds. The molecule has 1 saturated carbocycles. The lowest BCUT2D eigenvalue weighted by Gasteiger charge is -2.11. The van der Waals surface area contributed by atoms with Gasteiger partial charge >= 0.3 is 7.12 Å². The molecular formula is C10H12BClO3. The second kappa shape index (κ2) is 4.04. The third kappa shape index (κ3) is 2.12. The largest absolute Gasteiger partial charge is 0.497 e. The number of methoxy groups -OCH3 is 1. The Morgan fingerprint density at radius 1 is 1.40 bits per heavy atom. The number of ether oxygens (including phenoxy) is 1. The van der Waals surface area contributed by atoms with Crippen molar-refractivity contribution in [2.75, 3.05) is 7.11 Å². The van der Waals surface area contributed by atoms with Gasteiger partial charge in [0.1, 0.15) is 5.75 Å². The molecule has 2 N–H and O–H groups in total. The number of hydrogen-bond acceptors (Lipinski definition) is 3. The Bertz CT molecular complexity index is 354. The molecule has 5 heteroatoms. The summed E-state index contributed by atoms with van der Waals surface area (Å²) in [6, 6.07) is 3.42. The molecule has 0 unspecified atom stereocenters. The summed E-state index contributed by atoms with van der Waals surface area (Å²) in [6.07, 6.45) is 2.21. The SMILES string of the molecule is COc1cc(B(O)O)c(Cl)c(C2CC2)c1. The van der Waals surface area contributed by atoms with Crippen LogP contribution in [0.4, 0.5) is 0 Å². The summed E-state index contributed by atoms with van der Waals surface area (Å²) < 4.78 is 5.10. The van der Waals surface area contributed by atoms with Crippen molar-refractivity contribution in [3.8, 4) is 5.75 Å². The first-order valence-electron chi connectivity index (χ1n) is 4.87. The summed E-state index contributed by atoms with van der Waals surface area (Å²) >= 11 is 6.09. The molecule has 0 aliphatic heterocycles. The average molecular weight is 226 g/mol. The number of halogens is 1. The first kappa shape index (κ1) is 10.8. The molecule has 0 aromatic heterocycles. The Hall–Kier alpha value is -0.705. The van der Waals surface area contributed by atoms with Crippen LogP contribution in [0, 0.1) is 0 Å².